The van der Waals surface area contributed by atoms with Crippen molar-refractivity contribution in [3.05, 3.63) is 6.92 Å². The average Bonchev–Trinajstić information content (AvgIpc) is 2.81. The van der Waals surface area contributed by atoms with Crippen molar-refractivity contribution in [1.82, 2.24) is 19.6 Å². The van der Waals surface area contributed by atoms with Crippen LogP contribution in [0.15, 0.2) is 0 Å². The van der Waals surface area contributed by atoms with E-state index in [1.165, 1.54) is 21.0 Å². The Labute approximate surface area is 203 Å². The zero-order valence-corrected chi connectivity index (χ0v) is 21.2. The van der Waals surface area contributed by atoms with Crippen LogP contribution < -0.4 is 5.73 Å². The first-order valence-electron chi connectivity index (χ1n) is 11.5. The molecule has 0 aromatic rings. The molecule has 1 aliphatic heterocycles. The number of nitrogens with zero attached hydrogens (tertiary/aromatic N) is 4. The fourth-order valence-electron chi connectivity index (χ4n) is 3.16. The van der Waals surface area contributed by atoms with Gasteiger partial charge in [0.1, 0.15) is 13.5 Å². The molecule has 12 heteroatoms. The predicted octanol–water partition coefficient (Wildman–Crippen LogP) is -1.42. The van der Waals surface area contributed by atoms with Gasteiger partial charge in [-0.3, -0.25) is 34.0 Å². The molecule has 0 saturated carbocycles. The van der Waals surface area contributed by atoms with E-state index in [4.69, 9.17) is 19.9 Å². The maximum atomic E-state index is 11.9. The molecule has 34 heavy (non-hydrogen) atoms. The van der Waals surface area contributed by atoms with E-state index in [-0.39, 0.29) is 44.5 Å². The third-order valence-corrected chi connectivity index (χ3v) is 5.15. The summed E-state index contributed by atoms with van der Waals surface area (Å²) in [6, 6.07) is 0. The van der Waals surface area contributed by atoms with Crippen LogP contribution in [0.25, 0.3) is 0 Å². The average molecular weight is 491 g/mol. The van der Waals surface area contributed by atoms with Crippen LogP contribution in [0.3, 0.4) is 0 Å². The molecule has 1 unspecified atom stereocenters. The Bertz CT molecular complexity index is 582. The van der Waals surface area contributed by atoms with Crippen molar-refractivity contribution in [1.29, 1.82) is 0 Å². The molecule has 1 rings (SSSR count). The van der Waals surface area contributed by atoms with Crippen LogP contribution in [0.5, 0.6) is 0 Å². The van der Waals surface area contributed by atoms with Gasteiger partial charge in [-0.15, -0.1) is 0 Å². The zero-order chi connectivity index (χ0) is 25.9. The molecule has 0 radical (unpaired) electrons. The first kappa shape index (κ1) is 32.0. The molecule has 1 heterocycles. The Morgan fingerprint density at radius 1 is 0.824 bits per heavy atom. The topological polar surface area (TPSA) is 138 Å². The number of ether oxygens (including phenoxy) is 3. The van der Waals surface area contributed by atoms with Gasteiger partial charge in [-0.2, -0.15) is 0 Å². The normalized spacial score (nSPS) is 18.4. The van der Waals surface area contributed by atoms with Gasteiger partial charge in [-0.05, 0) is 0 Å². The summed E-state index contributed by atoms with van der Waals surface area (Å²) in [5.41, 5.74) is 5.59. The van der Waals surface area contributed by atoms with Crippen LogP contribution in [0.2, 0.25) is 0 Å². The minimum atomic E-state index is -0.655. The van der Waals surface area contributed by atoms with E-state index in [1.54, 1.807) is 6.92 Å². The molecule has 0 aliphatic carbocycles. The van der Waals surface area contributed by atoms with E-state index in [1.807, 2.05) is 14.7 Å². The zero-order valence-electron chi connectivity index (χ0n) is 21.2. The number of hydrogen-bond donors (Lipinski definition) is 2. The highest BCUT2D eigenvalue weighted by atomic mass is 16.5. The summed E-state index contributed by atoms with van der Waals surface area (Å²) in [7, 11) is 1.35. The number of β-amino-alcohol motifs (C(OH)–C–C–N with tert-alkyl or cyclic N) is 1. The minimum absolute atomic E-state index is 0.137. The molecule has 0 amide bonds. The maximum absolute atomic E-state index is 11.9. The van der Waals surface area contributed by atoms with Crippen LogP contribution >= 0.6 is 0 Å². The van der Waals surface area contributed by atoms with Crippen LogP contribution in [0.1, 0.15) is 20.8 Å². The van der Waals surface area contributed by atoms with Gasteiger partial charge in [-0.25, -0.2) is 0 Å². The fraction of sp³-hybridized carbons (Fsp3) is 0.818. The van der Waals surface area contributed by atoms with Crippen molar-refractivity contribution in [3.63, 3.8) is 0 Å². The van der Waals surface area contributed by atoms with E-state index >= 15 is 0 Å². The van der Waals surface area contributed by atoms with Crippen molar-refractivity contribution < 1.29 is 33.7 Å². The second kappa shape index (κ2) is 19.4. The third-order valence-electron chi connectivity index (χ3n) is 5.15. The van der Waals surface area contributed by atoms with Gasteiger partial charge in [0.2, 0.25) is 0 Å². The molecule has 0 aromatic heterocycles. The van der Waals surface area contributed by atoms with E-state index in [2.05, 4.69) is 11.8 Å². The molecular weight excluding hydrogens is 446 g/mol. The number of carbonyl (C=O) groups is 3. The molecule has 12 nitrogen and oxygen atoms in total. The Hall–Kier alpha value is -1.96. The summed E-state index contributed by atoms with van der Waals surface area (Å²) in [6.45, 7) is 13.4. The van der Waals surface area contributed by atoms with Crippen molar-refractivity contribution in [3.8, 4) is 0 Å². The molecule has 0 bridgehead atoms. The monoisotopic (exact) mass is 490 g/mol. The number of nitrogens with two attached hydrogens (primary N) is 1. The lowest BCUT2D eigenvalue weighted by molar-refractivity contribution is -0.148. The molecule has 0 aromatic carbocycles. The van der Waals surface area contributed by atoms with Crippen molar-refractivity contribution in [2.24, 2.45) is 5.73 Å². The van der Waals surface area contributed by atoms with Gasteiger partial charge in [0.05, 0.1) is 33.6 Å². The Kier molecular flexibility index (Phi) is 18.2. The smallest absolute Gasteiger partial charge is 0.319 e. The van der Waals surface area contributed by atoms with Crippen LogP contribution in [-0.2, 0) is 28.6 Å². The number of aliphatic hydroxyl groups is 1. The minimum Gasteiger partial charge on any atom is -0.468 e. The van der Waals surface area contributed by atoms with E-state index < -0.39 is 6.10 Å². The number of esters is 3. The predicted molar refractivity (Wildman–Crippen MR) is 127 cm³/mol. The highest BCUT2D eigenvalue weighted by Crippen LogP contribution is 2.03. The summed E-state index contributed by atoms with van der Waals surface area (Å²) in [5, 5.41) is 10.0. The van der Waals surface area contributed by atoms with Gasteiger partial charge in [-0.1, -0.05) is 0 Å². The van der Waals surface area contributed by atoms with Crippen LogP contribution in [-0.4, -0.2) is 141 Å². The third kappa shape index (κ3) is 15.8. The van der Waals surface area contributed by atoms with Gasteiger partial charge in [0.25, 0.3) is 0 Å². The van der Waals surface area contributed by atoms with Gasteiger partial charge < -0.3 is 25.1 Å². The molecule has 1 fully saturated rings. The lowest BCUT2D eigenvalue weighted by Gasteiger charge is -2.34. The van der Waals surface area contributed by atoms with Crippen molar-refractivity contribution in [2.45, 2.75) is 26.9 Å². The summed E-state index contributed by atoms with van der Waals surface area (Å²) >= 11 is 0. The van der Waals surface area contributed by atoms with Crippen LogP contribution in [0, 0.1) is 6.92 Å². The fourth-order valence-corrected chi connectivity index (χ4v) is 3.16. The van der Waals surface area contributed by atoms with Crippen LogP contribution in [0.4, 0.5) is 0 Å². The molecule has 1 aliphatic rings. The van der Waals surface area contributed by atoms with Gasteiger partial charge in [0.15, 0.2) is 0 Å². The lowest BCUT2D eigenvalue weighted by atomic mass is 10.3. The number of methoxy groups -OCH3 is 1. The van der Waals surface area contributed by atoms with Gasteiger partial charge >= 0.3 is 17.9 Å². The van der Waals surface area contributed by atoms with Gasteiger partial charge in [0, 0.05) is 79.3 Å². The quantitative estimate of drug-likeness (QED) is 0.223. The summed E-state index contributed by atoms with van der Waals surface area (Å²) in [6.07, 6.45) is -0.655. The molecule has 0 spiro atoms. The van der Waals surface area contributed by atoms with Crippen molar-refractivity contribution >= 4 is 17.9 Å². The number of hydrogen-bond acceptors (Lipinski definition) is 12. The highest BCUT2D eigenvalue weighted by molar-refractivity contribution is 5.71. The Balaban J connectivity index is 0.00000529. The second-order valence-electron chi connectivity index (χ2n) is 7.81. The Morgan fingerprint density at radius 2 is 1.21 bits per heavy atom. The summed E-state index contributed by atoms with van der Waals surface area (Å²) in [4.78, 5) is 42.5. The molecule has 1 atom stereocenters. The molecular formula is C22H44N5O7+. The van der Waals surface area contributed by atoms with E-state index in [0.29, 0.717) is 58.9 Å². The lowest BCUT2D eigenvalue weighted by Crippen LogP contribution is -2.49. The highest BCUT2D eigenvalue weighted by Gasteiger charge is 2.20. The van der Waals surface area contributed by atoms with E-state index in [9.17, 15) is 19.5 Å². The molecule has 198 valence electrons. The van der Waals surface area contributed by atoms with Crippen molar-refractivity contribution in [2.75, 3.05) is 92.6 Å². The summed E-state index contributed by atoms with van der Waals surface area (Å²) < 4.78 is 15.2. The number of rotatable bonds is 9. The Morgan fingerprint density at radius 3 is 1.56 bits per heavy atom. The first-order valence-corrected chi connectivity index (χ1v) is 11.5. The standard InChI is InChI=1S/C20H39N5O7.C2H5/c1-17(26)31-15-24-8-6-22(13-19(28)12-21)4-5-23(14-20(29)30-3)7-9-25(11-10-24)16-32-18(2)27;1-2/h19,28H,4-16,21H2,1-3H3;1H2,2H3/q;+1. The molecule has 3 N–H and O–H groups in total. The largest absolute Gasteiger partial charge is 0.468 e. The molecule has 1 saturated heterocycles. The first-order chi connectivity index (χ1) is 16.2. The maximum Gasteiger partial charge on any atom is 0.319 e. The second-order valence-corrected chi connectivity index (χ2v) is 7.81. The number of aliphatic hydroxyl groups excluding tert-OH is 1. The number of carbonyl (C=O) groups excluding carboxylic acids is 3. The van der Waals surface area contributed by atoms with E-state index in [0.717, 1.165) is 0 Å². The SMILES string of the molecule is COC(=O)CN1CCN(COC(C)=O)CCN(COC(C)=O)CCN(CC(O)CN)CC1.[CH2+]C. The summed E-state index contributed by atoms with van der Waals surface area (Å²) in [5.74, 6) is -1.06.